The van der Waals surface area contributed by atoms with Crippen molar-refractivity contribution in [1.82, 2.24) is 5.32 Å². The Hall–Kier alpha value is -1.05. The average molecular weight is 245 g/mol. The number of hydrogen-bond acceptors (Lipinski definition) is 2. The average Bonchev–Trinajstić information content (AvgIpc) is 2.86. The Balaban J connectivity index is 1.75. The largest absolute Gasteiger partial charge is 0.382 e. The van der Waals surface area contributed by atoms with Crippen LogP contribution in [0.3, 0.4) is 0 Å². The Kier molecular flexibility index (Phi) is 2.65. The first-order valence-corrected chi connectivity index (χ1v) is 7.21. The van der Waals surface area contributed by atoms with Gasteiger partial charge in [0.2, 0.25) is 0 Å². The Morgan fingerprint density at radius 3 is 2.78 bits per heavy atom. The predicted molar refractivity (Wildman–Crippen MR) is 73.1 cm³/mol. The van der Waals surface area contributed by atoms with Crippen LogP contribution in [0.4, 0.5) is 0 Å². The fraction of sp³-hybridized carbons (Fsp3) is 0.688. The molecule has 0 amide bonds. The van der Waals surface area contributed by atoms with Crippen LogP contribution in [0.1, 0.15) is 52.9 Å². The quantitative estimate of drug-likeness (QED) is 0.756. The topological polar surface area (TPSA) is 29.1 Å². The first-order chi connectivity index (χ1) is 8.50. The standard InChI is InChI=1S/C16H23NO/c1-10-14(8-7-13-15(10)16(13,2)3)17-11-5-4-6-12(18)9-11/h9,13-14,17H,4-8H2,1-3H3/t13-,14-/m1/s1. The van der Waals surface area contributed by atoms with Gasteiger partial charge in [-0.15, -0.1) is 0 Å². The molecule has 1 saturated carbocycles. The van der Waals surface area contributed by atoms with Gasteiger partial charge in [-0.05, 0) is 43.9 Å². The first kappa shape index (κ1) is 12.0. The highest BCUT2D eigenvalue weighted by molar-refractivity contribution is 5.91. The van der Waals surface area contributed by atoms with Gasteiger partial charge in [0.1, 0.15) is 0 Å². The van der Waals surface area contributed by atoms with Crippen molar-refractivity contribution in [2.45, 2.75) is 58.9 Å². The molecule has 18 heavy (non-hydrogen) atoms. The summed E-state index contributed by atoms with van der Waals surface area (Å²) in [6, 6.07) is 0.468. The second-order valence-electron chi connectivity index (χ2n) is 6.63. The molecule has 3 aliphatic rings. The number of allylic oxidation sites excluding steroid dienone is 3. The fourth-order valence-corrected chi connectivity index (χ4v) is 3.97. The van der Waals surface area contributed by atoms with E-state index in [2.05, 4.69) is 26.1 Å². The number of rotatable bonds is 2. The summed E-state index contributed by atoms with van der Waals surface area (Å²) in [4.78, 5) is 11.4. The summed E-state index contributed by atoms with van der Waals surface area (Å²) in [7, 11) is 0. The van der Waals surface area contributed by atoms with Crippen molar-refractivity contribution in [3.8, 4) is 0 Å². The third kappa shape index (κ3) is 1.82. The lowest BCUT2D eigenvalue weighted by Crippen LogP contribution is -2.32. The normalized spacial score (nSPS) is 33.9. The zero-order chi connectivity index (χ0) is 12.9. The molecule has 0 spiro atoms. The van der Waals surface area contributed by atoms with Crippen LogP contribution in [-0.2, 0) is 4.79 Å². The van der Waals surface area contributed by atoms with Crippen LogP contribution >= 0.6 is 0 Å². The number of fused-ring (bicyclic) bond motifs is 1. The summed E-state index contributed by atoms with van der Waals surface area (Å²) in [6.07, 6.45) is 7.12. The van der Waals surface area contributed by atoms with Crippen molar-refractivity contribution in [3.05, 3.63) is 22.9 Å². The van der Waals surface area contributed by atoms with Crippen molar-refractivity contribution in [2.75, 3.05) is 0 Å². The summed E-state index contributed by atoms with van der Waals surface area (Å²) >= 11 is 0. The monoisotopic (exact) mass is 245 g/mol. The van der Waals surface area contributed by atoms with Crippen molar-refractivity contribution in [2.24, 2.45) is 11.3 Å². The minimum Gasteiger partial charge on any atom is -0.382 e. The minimum absolute atomic E-state index is 0.287. The van der Waals surface area contributed by atoms with E-state index in [0.717, 1.165) is 30.9 Å². The number of carbonyl (C=O) groups is 1. The molecule has 0 saturated heterocycles. The molecule has 0 radical (unpaired) electrons. The Labute approximate surface area is 110 Å². The van der Waals surface area contributed by atoms with Gasteiger partial charge in [0.15, 0.2) is 5.78 Å². The number of ketones is 1. The summed E-state index contributed by atoms with van der Waals surface area (Å²) < 4.78 is 0. The molecule has 2 heteroatoms. The molecule has 1 N–H and O–H groups in total. The van der Waals surface area contributed by atoms with E-state index in [4.69, 9.17) is 0 Å². The van der Waals surface area contributed by atoms with Crippen LogP contribution in [0.15, 0.2) is 22.9 Å². The summed E-state index contributed by atoms with van der Waals surface area (Å²) in [5, 5.41) is 3.62. The zero-order valence-electron chi connectivity index (χ0n) is 11.7. The molecule has 0 bridgehead atoms. The van der Waals surface area contributed by atoms with Crippen LogP contribution in [0.2, 0.25) is 0 Å². The van der Waals surface area contributed by atoms with E-state index >= 15 is 0 Å². The molecule has 0 aromatic carbocycles. The first-order valence-electron chi connectivity index (χ1n) is 7.21. The molecule has 98 valence electrons. The lowest BCUT2D eigenvalue weighted by atomic mass is 9.94. The van der Waals surface area contributed by atoms with Crippen LogP contribution < -0.4 is 5.32 Å². The van der Waals surface area contributed by atoms with Gasteiger partial charge in [0.25, 0.3) is 0 Å². The third-order valence-electron chi connectivity index (χ3n) is 5.09. The number of nitrogens with one attached hydrogen (secondary N) is 1. The lowest BCUT2D eigenvalue weighted by Gasteiger charge is -2.26. The van der Waals surface area contributed by atoms with E-state index in [1.54, 1.807) is 5.57 Å². The van der Waals surface area contributed by atoms with Gasteiger partial charge in [-0.1, -0.05) is 25.0 Å². The molecule has 1 fully saturated rings. The second kappa shape index (κ2) is 3.97. The maximum atomic E-state index is 11.4. The van der Waals surface area contributed by atoms with Crippen molar-refractivity contribution >= 4 is 5.78 Å². The molecule has 3 aliphatic carbocycles. The number of hydrogen-bond donors (Lipinski definition) is 1. The molecule has 0 aliphatic heterocycles. The number of carbonyl (C=O) groups excluding carboxylic acids is 1. The van der Waals surface area contributed by atoms with Crippen LogP contribution in [-0.4, -0.2) is 11.8 Å². The second-order valence-corrected chi connectivity index (χ2v) is 6.63. The van der Waals surface area contributed by atoms with Gasteiger partial charge in [0.05, 0.1) is 0 Å². The highest BCUT2D eigenvalue weighted by atomic mass is 16.1. The summed E-state index contributed by atoms with van der Waals surface area (Å²) in [5.74, 6) is 1.12. The third-order valence-corrected chi connectivity index (χ3v) is 5.09. The van der Waals surface area contributed by atoms with E-state index in [0.29, 0.717) is 11.5 Å². The van der Waals surface area contributed by atoms with E-state index in [1.807, 2.05) is 6.08 Å². The Bertz CT molecular complexity index is 456. The van der Waals surface area contributed by atoms with E-state index in [9.17, 15) is 4.79 Å². The lowest BCUT2D eigenvalue weighted by molar-refractivity contribution is -0.115. The molecular weight excluding hydrogens is 222 g/mol. The van der Waals surface area contributed by atoms with Gasteiger partial charge in [-0.25, -0.2) is 0 Å². The highest BCUT2D eigenvalue weighted by Crippen LogP contribution is 2.63. The van der Waals surface area contributed by atoms with E-state index in [-0.39, 0.29) is 5.78 Å². The van der Waals surface area contributed by atoms with E-state index in [1.165, 1.54) is 18.4 Å². The van der Waals surface area contributed by atoms with Crippen LogP contribution in [0, 0.1) is 11.3 Å². The molecule has 2 nitrogen and oxygen atoms in total. The van der Waals surface area contributed by atoms with Crippen molar-refractivity contribution in [3.63, 3.8) is 0 Å². The Morgan fingerprint density at radius 2 is 2.06 bits per heavy atom. The zero-order valence-corrected chi connectivity index (χ0v) is 11.7. The smallest absolute Gasteiger partial charge is 0.157 e. The van der Waals surface area contributed by atoms with Crippen LogP contribution in [0.5, 0.6) is 0 Å². The van der Waals surface area contributed by atoms with E-state index < -0.39 is 0 Å². The summed E-state index contributed by atoms with van der Waals surface area (Å²) in [6.45, 7) is 7.00. The fourth-order valence-electron chi connectivity index (χ4n) is 3.97. The van der Waals surface area contributed by atoms with Gasteiger partial charge < -0.3 is 5.32 Å². The van der Waals surface area contributed by atoms with Crippen molar-refractivity contribution in [1.29, 1.82) is 0 Å². The van der Waals surface area contributed by atoms with Crippen LogP contribution in [0.25, 0.3) is 0 Å². The molecule has 3 rings (SSSR count). The van der Waals surface area contributed by atoms with Gasteiger partial charge >= 0.3 is 0 Å². The van der Waals surface area contributed by atoms with Crippen molar-refractivity contribution < 1.29 is 4.79 Å². The molecule has 0 unspecified atom stereocenters. The molecular formula is C16H23NO. The minimum atomic E-state index is 0.287. The van der Waals surface area contributed by atoms with Gasteiger partial charge in [0, 0.05) is 24.2 Å². The molecule has 0 heterocycles. The highest BCUT2D eigenvalue weighted by Gasteiger charge is 2.55. The van der Waals surface area contributed by atoms with Gasteiger partial charge in [-0.3, -0.25) is 4.79 Å². The SMILES string of the molecule is CC1=C2[C@@H](CC[C@H]1NC1=CC(=O)CCC1)C2(C)C. The maximum absolute atomic E-state index is 11.4. The maximum Gasteiger partial charge on any atom is 0.157 e. The van der Waals surface area contributed by atoms with Gasteiger partial charge in [-0.2, -0.15) is 0 Å². The Morgan fingerprint density at radius 1 is 1.28 bits per heavy atom. The molecule has 0 aromatic rings. The summed E-state index contributed by atoms with van der Waals surface area (Å²) in [5.41, 5.74) is 4.81. The predicted octanol–water partition coefficient (Wildman–Crippen LogP) is 3.35. The molecule has 0 aromatic heterocycles. The molecule has 2 atom stereocenters.